The normalized spacial score (nSPS) is 11.1. The van der Waals surface area contributed by atoms with Crippen molar-refractivity contribution in [2.45, 2.75) is 46.4 Å². The van der Waals surface area contributed by atoms with E-state index in [1.165, 1.54) is 12.0 Å². The molecule has 0 saturated carbocycles. The summed E-state index contributed by atoms with van der Waals surface area (Å²) in [4.78, 5) is 9.59. The standard InChI is InChI=1S/C17H30ClN3/c1-5-16-12-15(14-18)13-17(19-16)21(8-4)11-9-10-20(6-2)7-3/h12-13H,5-11,14H2,1-4H3. The lowest BCUT2D eigenvalue weighted by atomic mass is 10.2. The van der Waals surface area contributed by atoms with Gasteiger partial charge < -0.3 is 9.80 Å². The summed E-state index contributed by atoms with van der Waals surface area (Å²) in [7, 11) is 0. The van der Waals surface area contributed by atoms with Crippen molar-refractivity contribution < 1.29 is 0 Å². The predicted molar refractivity (Wildman–Crippen MR) is 93.5 cm³/mol. The maximum atomic E-state index is 6.01. The van der Waals surface area contributed by atoms with Gasteiger partial charge in [0.05, 0.1) is 0 Å². The highest BCUT2D eigenvalue weighted by Gasteiger charge is 2.09. The Kier molecular flexibility index (Phi) is 8.70. The summed E-state index contributed by atoms with van der Waals surface area (Å²) in [5, 5.41) is 0. The number of alkyl halides is 1. The van der Waals surface area contributed by atoms with Crippen molar-refractivity contribution in [3.8, 4) is 0 Å². The Bertz CT molecular complexity index is 383. The molecule has 0 unspecified atom stereocenters. The van der Waals surface area contributed by atoms with Gasteiger partial charge in [0, 0.05) is 24.7 Å². The van der Waals surface area contributed by atoms with Gasteiger partial charge in [-0.25, -0.2) is 4.98 Å². The summed E-state index contributed by atoms with van der Waals surface area (Å²) < 4.78 is 0. The van der Waals surface area contributed by atoms with E-state index in [9.17, 15) is 0 Å². The third kappa shape index (κ3) is 5.84. The zero-order valence-corrected chi connectivity index (χ0v) is 14.8. The van der Waals surface area contributed by atoms with Crippen LogP contribution in [0.25, 0.3) is 0 Å². The van der Waals surface area contributed by atoms with Gasteiger partial charge in [0.2, 0.25) is 0 Å². The largest absolute Gasteiger partial charge is 0.357 e. The molecule has 1 aromatic rings. The van der Waals surface area contributed by atoms with Crippen LogP contribution in [0.1, 0.15) is 45.4 Å². The Morgan fingerprint density at radius 1 is 1.00 bits per heavy atom. The molecule has 0 aromatic carbocycles. The van der Waals surface area contributed by atoms with Crippen molar-refractivity contribution in [3.05, 3.63) is 23.4 Å². The number of nitrogens with zero attached hydrogens (tertiary/aromatic N) is 3. The molecule has 0 fully saturated rings. The number of rotatable bonds is 10. The number of halogens is 1. The molecule has 0 saturated heterocycles. The van der Waals surface area contributed by atoms with E-state index in [4.69, 9.17) is 16.6 Å². The van der Waals surface area contributed by atoms with E-state index in [2.05, 4.69) is 49.6 Å². The van der Waals surface area contributed by atoms with Gasteiger partial charge in [0.25, 0.3) is 0 Å². The molecule has 120 valence electrons. The van der Waals surface area contributed by atoms with Gasteiger partial charge in [-0.05, 0) is 57.1 Å². The number of aryl methyl sites for hydroxylation is 1. The average Bonchev–Trinajstić information content (AvgIpc) is 2.54. The minimum absolute atomic E-state index is 0.555. The molecule has 0 radical (unpaired) electrons. The minimum Gasteiger partial charge on any atom is -0.357 e. The lowest BCUT2D eigenvalue weighted by Crippen LogP contribution is -2.30. The first-order chi connectivity index (χ1) is 10.2. The zero-order valence-electron chi connectivity index (χ0n) is 14.0. The van der Waals surface area contributed by atoms with Crippen LogP contribution >= 0.6 is 11.6 Å². The number of pyridine rings is 1. The van der Waals surface area contributed by atoms with E-state index in [1.54, 1.807) is 0 Å². The highest BCUT2D eigenvalue weighted by atomic mass is 35.5. The predicted octanol–water partition coefficient (Wildman–Crippen LogP) is 3.94. The third-order valence-electron chi connectivity index (χ3n) is 3.94. The summed E-state index contributed by atoms with van der Waals surface area (Å²) in [5.41, 5.74) is 2.30. The summed E-state index contributed by atoms with van der Waals surface area (Å²) >= 11 is 6.01. The minimum atomic E-state index is 0.555. The number of anilines is 1. The van der Waals surface area contributed by atoms with Crippen LogP contribution in [0.4, 0.5) is 5.82 Å². The van der Waals surface area contributed by atoms with E-state index in [1.807, 2.05) is 0 Å². The molecule has 0 atom stereocenters. The smallest absolute Gasteiger partial charge is 0.129 e. The average molecular weight is 312 g/mol. The lowest BCUT2D eigenvalue weighted by molar-refractivity contribution is 0.300. The molecule has 1 rings (SSSR count). The topological polar surface area (TPSA) is 19.4 Å². The van der Waals surface area contributed by atoms with Gasteiger partial charge in [-0.2, -0.15) is 0 Å². The highest BCUT2D eigenvalue weighted by molar-refractivity contribution is 6.17. The maximum absolute atomic E-state index is 6.01. The Hall–Kier alpha value is -0.800. The lowest BCUT2D eigenvalue weighted by Gasteiger charge is -2.25. The Morgan fingerprint density at radius 2 is 1.71 bits per heavy atom. The van der Waals surface area contributed by atoms with Gasteiger partial charge >= 0.3 is 0 Å². The van der Waals surface area contributed by atoms with Gasteiger partial charge in [0.1, 0.15) is 5.82 Å². The van der Waals surface area contributed by atoms with Crippen molar-refractivity contribution >= 4 is 17.4 Å². The van der Waals surface area contributed by atoms with Crippen molar-refractivity contribution in [2.75, 3.05) is 37.6 Å². The molecule has 0 aliphatic carbocycles. The van der Waals surface area contributed by atoms with Gasteiger partial charge in [-0.3, -0.25) is 0 Å². The van der Waals surface area contributed by atoms with Crippen LogP contribution in [-0.4, -0.2) is 42.6 Å². The van der Waals surface area contributed by atoms with Gasteiger partial charge in [-0.1, -0.05) is 20.8 Å². The van der Waals surface area contributed by atoms with Gasteiger partial charge in [0.15, 0.2) is 0 Å². The van der Waals surface area contributed by atoms with E-state index >= 15 is 0 Å². The molecule has 0 aliphatic rings. The van der Waals surface area contributed by atoms with E-state index < -0.39 is 0 Å². The summed E-state index contributed by atoms with van der Waals surface area (Å²) in [6.07, 6.45) is 2.12. The molecule has 0 amide bonds. The second-order valence-electron chi connectivity index (χ2n) is 5.27. The maximum Gasteiger partial charge on any atom is 0.129 e. The molecule has 0 spiro atoms. The van der Waals surface area contributed by atoms with Crippen molar-refractivity contribution in [1.29, 1.82) is 0 Å². The number of hydrogen-bond acceptors (Lipinski definition) is 3. The Labute approximate surface area is 135 Å². The van der Waals surface area contributed by atoms with Crippen LogP contribution in [0.2, 0.25) is 0 Å². The fourth-order valence-electron chi connectivity index (χ4n) is 2.51. The molecular formula is C17H30ClN3. The molecule has 1 heterocycles. The van der Waals surface area contributed by atoms with E-state index in [0.717, 1.165) is 50.7 Å². The summed E-state index contributed by atoms with van der Waals surface area (Å²) in [6, 6.07) is 4.24. The molecule has 1 aromatic heterocycles. The first-order valence-corrected chi connectivity index (χ1v) is 8.74. The second-order valence-corrected chi connectivity index (χ2v) is 5.54. The monoisotopic (exact) mass is 311 g/mol. The second kappa shape index (κ2) is 10.0. The summed E-state index contributed by atoms with van der Waals surface area (Å²) in [5.74, 6) is 1.63. The molecule has 0 N–H and O–H groups in total. The molecule has 0 bridgehead atoms. The SMILES string of the molecule is CCc1cc(CCl)cc(N(CC)CCCN(CC)CC)n1. The first kappa shape index (κ1) is 18.2. The van der Waals surface area contributed by atoms with Crippen molar-refractivity contribution in [3.63, 3.8) is 0 Å². The molecule has 4 heteroatoms. The van der Waals surface area contributed by atoms with E-state index in [0.29, 0.717) is 5.88 Å². The van der Waals surface area contributed by atoms with Crippen LogP contribution < -0.4 is 4.90 Å². The van der Waals surface area contributed by atoms with E-state index in [-0.39, 0.29) is 0 Å². The summed E-state index contributed by atoms with van der Waals surface area (Å²) in [6.45, 7) is 14.2. The van der Waals surface area contributed by atoms with Crippen molar-refractivity contribution in [2.24, 2.45) is 0 Å². The number of aromatic nitrogens is 1. The van der Waals surface area contributed by atoms with Crippen LogP contribution in [0, 0.1) is 0 Å². The molecular weight excluding hydrogens is 282 g/mol. The Balaban J connectivity index is 2.70. The van der Waals surface area contributed by atoms with Crippen LogP contribution in [0.15, 0.2) is 12.1 Å². The molecule has 0 aliphatic heterocycles. The third-order valence-corrected chi connectivity index (χ3v) is 4.25. The highest BCUT2D eigenvalue weighted by Crippen LogP contribution is 2.17. The first-order valence-electron chi connectivity index (χ1n) is 8.21. The van der Waals surface area contributed by atoms with Crippen LogP contribution in [-0.2, 0) is 12.3 Å². The quantitative estimate of drug-likeness (QED) is 0.610. The zero-order chi connectivity index (χ0) is 15.7. The molecule has 21 heavy (non-hydrogen) atoms. The van der Waals surface area contributed by atoms with Crippen LogP contribution in [0.3, 0.4) is 0 Å². The fourth-order valence-corrected chi connectivity index (χ4v) is 2.67. The van der Waals surface area contributed by atoms with Gasteiger partial charge in [-0.15, -0.1) is 11.6 Å². The molecule has 3 nitrogen and oxygen atoms in total. The van der Waals surface area contributed by atoms with Crippen molar-refractivity contribution in [1.82, 2.24) is 9.88 Å². The van der Waals surface area contributed by atoms with Crippen LogP contribution in [0.5, 0.6) is 0 Å². The number of hydrogen-bond donors (Lipinski definition) is 0. The Morgan fingerprint density at radius 3 is 2.24 bits per heavy atom. The fraction of sp³-hybridized carbons (Fsp3) is 0.706.